The zero-order chi connectivity index (χ0) is 12.3. The van der Waals surface area contributed by atoms with Crippen LogP contribution < -0.4 is 0 Å². The molecule has 4 nitrogen and oxygen atoms in total. The molecule has 1 aliphatic heterocycles. The second kappa shape index (κ2) is 5.38. The highest BCUT2D eigenvalue weighted by Gasteiger charge is 2.30. The summed E-state index contributed by atoms with van der Waals surface area (Å²) in [4.78, 5) is 13.2. The van der Waals surface area contributed by atoms with E-state index in [1.54, 1.807) is 11.0 Å². The summed E-state index contributed by atoms with van der Waals surface area (Å²) in [5.41, 5.74) is 0.899. The molecule has 17 heavy (non-hydrogen) atoms. The van der Waals surface area contributed by atoms with E-state index in [4.69, 9.17) is 21.4 Å². The summed E-state index contributed by atoms with van der Waals surface area (Å²) in [6, 6.07) is 7.41. The first-order valence-corrected chi connectivity index (χ1v) is 5.88. The predicted molar refractivity (Wildman–Crippen MR) is 63.8 cm³/mol. The maximum atomic E-state index is 11.6. The fourth-order valence-electron chi connectivity index (χ4n) is 1.83. The van der Waals surface area contributed by atoms with Crippen LogP contribution in [0.1, 0.15) is 12.0 Å². The number of halogens is 1. The maximum absolute atomic E-state index is 11.6. The topological polar surface area (TPSA) is 49.8 Å². The Balaban J connectivity index is 2.00. The molecule has 1 unspecified atom stereocenters. The number of ether oxygens (including phenoxy) is 1. The molecule has 1 N–H and O–H groups in total. The van der Waals surface area contributed by atoms with Crippen molar-refractivity contribution in [3.05, 3.63) is 34.9 Å². The second-order valence-corrected chi connectivity index (χ2v) is 4.40. The van der Waals surface area contributed by atoms with Crippen molar-refractivity contribution in [1.29, 1.82) is 0 Å². The normalized spacial score (nSPS) is 19.5. The summed E-state index contributed by atoms with van der Waals surface area (Å²) in [6.45, 7) is 0.975. The van der Waals surface area contributed by atoms with Crippen LogP contribution in [0.15, 0.2) is 24.3 Å². The lowest BCUT2D eigenvalue weighted by atomic mass is 10.2. The molecule has 0 saturated carbocycles. The molecule has 1 heterocycles. The Labute approximate surface area is 105 Å². The van der Waals surface area contributed by atoms with Gasteiger partial charge < -0.3 is 14.7 Å². The van der Waals surface area contributed by atoms with Crippen LogP contribution in [0.4, 0.5) is 4.79 Å². The van der Waals surface area contributed by atoms with E-state index in [-0.39, 0.29) is 18.8 Å². The SMILES string of the molecule is O=C1OC(CCO)CN1Cc1ccccc1Cl. The predicted octanol–water partition coefficient (Wildman–Crippen LogP) is 2.04. The Bertz CT molecular complexity index is 410. The Hall–Kier alpha value is -1.26. The van der Waals surface area contributed by atoms with Crippen molar-refractivity contribution in [1.82, 2.24) is 4.90 Å². The third-order valence-corrected chi connectivity index (χ3v) is 3.09. The van der Waals surface area contributed by atoms with Crippen LogP contribution >= 0.6 is 11.6 Å². The minimum atomic E-state index is -0.344. The van der Waals surface area contributed by atoms with Gasteiger partial charge in [-0.25, -0.2) is 4.79 Å². The van der Waals surface area contributed by atoms with Gasteiger partial charge in [-0.05, 0) is 11.6 Å². The number of hydrogen-bond donors (Lipinski definition) is 1. The number of benzene rings is 1. The summed E-state index contributed by atoms with van der Waals surface area (Å²) < 4.78 is 5.11. The van der Waals surface area contributed by atoms with E-state index in [0.29, 0.717) is 24.5 Å². The van der Waals surface area contributed by atoms with E-state index in [9.17, 15) is 4.79 Å². The molecule has 1 atom stereocenters. The molecule has 1 aliphatic rings. The highest BCUT2D eigenvalue weighted by Crippen LogP contribution is 2.21. The van der Waals surface area contributed by atoms with Crippen LogP contribution in [0, 0.1) is 0 Å². The smallest absolute Gasteiger partial charge is 0.410 e. The average molecular weight is 256 g/mol. The molecule has 0 radical (unpaired) electrons. The van der Waals surface area contributed by atoms with E-state index >= 15 is 0 Å². The van der Waals surface area contributed by atoms with E-state index < -0.39 is 0 Å². The van der Waals surface area contributed by atoms with Gasteiger partial charge in [0, 0.05) is 18.1 Å². The van der Waals surface area contributed by atoms with Crippen molar-refractivity contribution >= 4 is 17.7 Å². The minimum absolute atomic E-state index is 0.0257. The average Bonchev–Trinajstić information content (AvgIpc) is 2.63. The number of carbonyl (C=O) groups is 1. The van der Waals surface area contributed by atoms with Crippen molar-refractivity contribution in [3.63, 3.8) is 0 Å². The number of aliphatic hydroxyl groups excluding tert-OH is 1. The van der Waals surface area contributed by atoms with E-state index in [1.165, 1.54) is 0 Å². The molecule has 1 saturated heterocycles. The maximum Gasteiger partial charge on any atom is 0.410 e. The van der Waals surface area contributed by atoms with Gasteiger partial charge in [-0.1, -0.05) is 29.8 Å². The third-order valence-electron chi connectivity index (χ3n) is 2.72. The first-order valence-electron chi connectivity index (χ1n) is 5.50. The molecule has 1 amide bonds. The number of cyclic esters (lactones) is 1. The number of hydrogen-bond acceptors (Lipinski definition) is 3. The summed E-state index contributed by atoms with van der Waals surface area (Å²) in [7, 11) is 0. The Kier molecular flexibility index (Phi) is 3.86. The van der Waals surface area contributed by atoms with Crippen molar-refractivity contribution < 1.29 is 14.6 Å². The molecule has 2 rings (SSSR count). The number of aliphatic hydroxyl groups is 1. The van der Waals surface area contributed by atoms with Gasteiger partial charge in [0.25, 0.3) is 0 Å². The number of amides is 1. The Morgan fingerprint density at radius 3 is 2.94 bits per heavy atom. The van der Waals surface area contributed by atoms with Crippen molar-refractivity contribution in [3.8, 4) is 0 Å². The van der Waals surface area contributed by atoms with Crippen LogP contribution in [0.5, 0.6) is 0 Å². The van der Waals surface area contributed by atoms with Crippen LogP contribution in [0.25, 0.3) is 0 Å². The zero-order valence-electron chi connectivity index (χ0n) is 9.30. The van der Waals surface area contributed by atoms with Gasteiger partial charge in [0.15, 0.2) is 0 Å². The number of carbonyl (C=O) groups excluding carboxylic acids is 1. The van der Waals surface area contributed by atoms with Gasteiger partial charge >= 0.3 is 6.09 Å². The molecule has 0 aromatic heterocycles. The quantitative estimate of drug-likeness (QED) is 0.896. The fourth-order valence-corrected chi connectivity index (χ4v) is 2.03. The van der Waals surface area contributed by atoms with Gasteiger partial charge in [0.05, 0.1) is 13.1 Å². The molecular formula is C12H14ClNO3. The van der Waals surface area contributed by atoms with E-state index in [0.717, 1.165) is 5.56 Å². The third kappa shape index (κ3) is 2.90. The summed E-state index contributed by atoms with van der Waals surface area (Å²) in [5, 5.41) is 9.45. The van der Waals surface area contributed by atoms with Gasteiger partial charge in [0.1, 0.15) is 6.10 Å². The second-order valence-electron chi connectivity index (χ2n) is 3.99. The van der Waals surface area contributed by atoms with Crippen LogP contribution in [0.3, 0.4) is 0 Å². The van der Waals surface area contributed by atoms with Crippen molar-refractivity contribution in [2.24, 2.45) is 0 Å². The zero-order valence-corrected chi connectivity index (χ0v) is 10.1. The first-order chi connectivity index (χ1) is 8.20. The van der Waals surface area contributed by atoms with Gasteiger partial charge in [-0.15, -0.1) is 0 Å². The Morgan fingerprint density at radius 1 is 1.47 bits per heavy atom. The van der Waals surface area contributed by atoms with Crippen molar-refractivity contribution in [2.75, 3.05) is 13.2 Å². The molecule has 1 aromatic rings. The monoisotopic (exact) mass is 255 g/mol. The van der Waals surface area contributed by atoms with E-state index in [2.05, 4.69) is 0 Å². The summed E-state index contributed by atoms with van der Waals surface area (Å²) >= 11 is 6.03. The molecule has 0 spiro atoms. The lowest BCUT2D eigenvalue weighted by molar-refractivity contribution is 0.117. The van der Waals surface area contributed by atoms with Crippen LogP contribution in [-0.4, -0.2) is 35.4 Å². The van der Waals surface area contributed by atoms with E-state index in [1.807, 2.05) is 18.2 Å². The summed E-state index contributed by atoms with van der Waals surface area (Å²) in [5.74, 6) is 0. The highest BCUT2D eigenvalue weighted by atomic mass is 35.5. The van der Waals surface area contributed by atoms with Gasteiger partial charge in [-0.2, -0.15) is 0 Å². The standard InChI is InChI=1S/C12H14ClNO3/c13-11-4-2-1-3-9(11)7-14-8-10(5-6-15)17-12(14)16/h1-4,10,15H,5-8H2. The molecule has 0 bridgehead atoms. The van der Waals surface area contributed by atoms with Gasteiger partial charge in [-0.3, -0.25) is 0 Å². The molecule has 5 heteroatoms. The first kappa shape index (κ1) is 12.2. The molecular weight excluding hydrogens is 242 g/mol. The lowest BCUT2D eigenvalue weighted by Gasteiger charge is -2.13. The van der Waals surface area contributed by atoms with Crippen LogP contribution in [-0.2, 0) is 11.3 Å². The number of rotatable bonds is 4. The fraction of sp³-hybridized carbons (Fsp3) is 0.417. The highest BCUT2D eigenvalue weighted by molar-refractivity contribution is 6.31. The molecule has 1 fully saturated rings. The van der Waals surface area contributed by atoms with Gasteiger partial charge in [0.2, 0.25) is 0 Å². The molecule has 1 aromatic carbocycles. The Morgan fingerprint density at radius 2 is 2.24 bits per heavy atom. The van der Waals surface area contributed by atoms with Crippen LogP contribution in [0.2, 0.25) is 5.02 Å². The van der Waals surface area contributed by atoms with Crippen molar-refractivity contribution in [2.45, 2.75) is 19.1 Å². The molecule has 0 aliphatic carbocycles. The summed E-state index contributed by atoms with van der Waals surface area (Å²) in [6.07, 6.45) is -0.0801. The largest absolute Gasteiger partial charge is 0.444 e. The minimum Gasteiger partial charge on any atom is -0.444 e. The molecule has 92 valence electrons. The lowest BCUT2D eigenvalue weighted by Crippen LogP contribution is -2.24. The number of nitrogens with zero attached hydrogens (tertiary/aromatic N) is 1.